The van der Waals surface area contributed by atoms with Crippen molar-refractivity contribution in [2.24, 2.45) is 0 Å². The molecular formula is C19H22ClN3O. The molecule has 1 heterocycles. The Morgan fingerprint density at radius 1 is 1.00 bits per heavy atom. The zero-order valence-electron chi connectivity index (χ0n) is 13.8. The van der Waals surface area contributed by atoms with E-state index in [1.165, 1.54) is 5.69 Å². The molecule has 4 nitrogen and oxygen atoms in total. The first-order valence-electron chi connectivity index (χ1n) is 8.24. The third kappa shape index (κ3) is 3.89. The lowest BCUT2D eigenvalue weighted by molar-refractivity contribution is -0.120. The number of hydrogen-bond acceptors (Lipinski definition) is 3. The highest BCUT2D eigenvalue weighted by Gasteiger charge is 2.25. The number of piperazine rings is 1. The second-order valence-corrected chi connectivity index (χ2v) is 6.41. The highest BCUT2D eigenvalue weighted by Crippen LogP contribution is 2.21. The third-order valence-electron chi connectivity index (χ3n) is 4.49. The largest absolute Gasteiger partial charge is 0.369 e. The van der Waals surface area contributed by atoms with E-state index in [2.05, 4.69) is 39.4 Å². The number of benzene rings is 2. The van der Waals surface area contributed by atoms with Gasteiger partial charge >= 0.3 is 0 Å². The number of carbonyl (C=O) groups excluding carboxylic acids is 1. The van der Waals surface area contributed by atoms with Crippen molar-refractivity contribution in [2.45, 2.75) is 13.0 Å². The Morgan fingerprint density at radius 2 is 1.62 bits per heavy atom. The maximum absolute atomic E-state index is 12.5. The van der Waals surface area contributed by atoms with Crippen LogP contribution in [0.5, 0.6) is 0 Å². The standard InChI is InChI=1S/C19H22ClN3O/c1-15(19(24)21-18-10-6-5-9-17(18)20)22-11-13-23(14-12-22)16-7-3-2-4-8-16/h2-10,15H,11-14H2,1H3,(H,21,24)/t15-/m1/s1. The molecule has 1 N–H and O–H groups in total. The van der Waals surface area contributed by atoms with Crippen LogP contribution in [-0.4, -0.2) is 43.0 Å². The van der Waals surface area contributed by atoms with Crippen molar-refractivity contribution in [2.75, 3.05) is 36.4 Å². The smallest absolute Gasteiger partial charge is 0.241 e. The molecule has 0 aromatic heterocycles. The summed E-state index contributed by atoms with van der Waals surface area (Å²) in [5, 5.41) is 3.49. The lowest BCUT2D eigenvalue weighted by atomic mass is 10.2. The van der Waals surface area contributed by atoms with Crippen LogP contribution in [0, 0.1) is 0 Å². The SMILES string of the molecule is C[C@H](C(=O)Nc1ccccc1Cl)N1CCN(c2ccccc2)CC1. The first kappa shape index (κ1) is 16.8. The van der Waals surface area contributed by atoms with E-state index in [0.717, 1.165) is 26.2 Å². The number of para-hydroxylation sites is 2. The van der Waals surface area contributed by atoms with Crippen LogP contribution >= 0.6 is 11.6 Å². The molecule has 5 heteroatoms. The Bertz CT molecular complexity index is 684. The molecule has 1 aliphatic heterocycles. The minimum absolute atomic E-state index is 0.0174. The van der Waals surface area contributed by atoms with Crippen molar-refractivity contribution in [3.63, 3.8) is 0 Å². The van der Waals surface area contributed by atoms with Gasteiger partial charge in [-0.25, -0.2) is 0 Å². The van der Waals surface area contributed by atoms with Gasteiger partial charge in [-0.15, -0.1) is 0 Å². The van der Waals surface area contributed by atoms with E-state index in [1.54, 1.807) is 6.07 Å². The molecule has 3 rings (SSSR count). The summed E-state index contributed by atoms with van der Waals surface area (Å²) >= 11 is 6.11. The molecule has 2 aromatic carbocycles. The number of amides is 1. The maximum Gasteiger partial charge on any atom is 0.241 e. The number of carbonyl (C=O) groups is 1. The molecule has 0 radical (unpaired) electrons. The lowest BCUT2D eigenvalue weighted by Crippen LogP contribution is -2.52. The van der Waals surface area contributed by atoms with E-state index in [0.29, 0.717) is 10.7 Å². The Morgan fingerprint density at radius 3 is 2.29 bits per heavy atom. The van der Waals surface area contributed by atoms with E-state index in [1.807, 2.05) is 31.2 Å². The first-order chi connectivity index (χ1) is 11.6. The van der Waals surface area contributed by atoms with Crippen molar-refractivity contribution in [3.05, 3.63) is 59.6 Å². The molecule has 1 amide bonds. The Kier molecular flexibility index (Phi) is 5.38. The molecule has 1 saturated heterocycles. The second-order valence-electron chi connectivity index (χ2n) is 6.00. The van der Waals surface area contributed by atoms with E-state index in [9.17, 15) is 4.79 Å². The predicted molar refractivity (Wildman–Crippen MR) is 99.8 cm³/mol. The summed E-state index contributed by atoms with van der Waals surface area (Å²) in [7, 11) is 0. The zero-order chi connectivity index (χ0) is 16.9. The summed E-state index contributed by atoms with van der Waals surface area (Å²) in [6.45, 7) is 5.53. The van der Waals surface area contributed by atoms with E-state index in [4.69, 9.17) is 11.6 Å². The van der Waals surface area contributed by atoms with Crippen LogP contribution in [-0.2, 0) is 4.79 Å². The number of hydrogen-bond donors (Lipinski definition) is 1. The van der Waals surface area contributed by atoms with Gasteiger partial charge in [0, 0.05) is 31.9 Å². The molecular weight excluding hydrogens is 322 g/mol. The minimum Gasteiger partial charge on any atom is -0.369 e. The molecule has 126 valence electrons. The fraction of sp³-hybridized carbons (Fsp3) is 0.316. The lowest BCUT2D eigenvalue weighted by Gasteiger charge is -2.38. The molecule has 0 aliphatic carbocycles. The van der Waals surface area contributed by atoms with Crippen LogP contribution in [0.2, 0.25) is 5.02 Å². The summed E-state index contributed by atoms with van der Waals surface area (Å²) in [5.41, 5.74) is 1.91. The van der Waals surface area contributed by atoms with Gasteiger partial charge in [-0.1, -0.05) is 41.9 Å². The van der Waals surface area contributed by atoms with Crippen molar-refractivity contribution in [3.8, 4) is 0 Å². The molecule has 1 aliphatic rings. The molecule has 24 heavy (non-hydrogen) atoms. The molecule has 2 aromatic rings. The van der Waals surface area contributed by atoms with Crippen molar-refractivity contribution >= 4 is 28.9 Å². The number of rotatable bonds is 4. The van der Waals surface area contributed by atoms with Crippen LogP contribution in [0.15, 0.2) is 54.6 Å². The summed E-state index contributed by atoms with van der Waals surface area (Å²) in [4.78, 5) is 17.1. The summed E-state index contributed by atoms with van der Waals surface area (Å²) < 4.78 is 0. The highest BCUT2D eigenvalue weighted by molar-refractivity contribution is 6.33. The predicted octanol–water partition coefficient (Wildman–Crippen LogP) is 3.49. The minimum atomic E-state index is -0.181. The van der Waals surface area contributed by atoms with Crippen molar-refractivity contribution in [1.29, 1.82) is 0 Å². The quantitative estimate of drug-likeness (QED) is 0.923. The summed E-state index contributed by atoms with van der Waals surface area (Å²) in [6.07, 6.45) is 0. The van der Waals surface area contributed by atoms with Gasteiger partial charge in [-0.2, -0.15) is 0 Å². The van der Waals surface area contributed by atoms with Crippen LogP contribution in [0.25, 0.3) is 0 Å². The average molecular weight is 344 g/mol. The van der Waals surface area contributed by atoms with Gasteiger partial charge in [-0.3, -0.25) is 9.69 Å². The van der Waals surface area contributed by atoms with Crippen LogP contribution in [0.1, 0.15) is 6.92 Å². The Hall–Kier alpha value is -2.04. The van der Waals surface area contributed by atoms with Gasteiger partial charge in [0.25, 0.3) is 0 Å². The molecule has 0 bridgehead atoms. The third-order valence-corrected chi connectivity index (χ3v) is 4.82. The number of halogens is 1. The van der Waals surface area contributed by atoms with Gasteiger partial charge in [0.15, 0.2) is 0 Å². The zero-order valence-corrected chi connectivity index (χ0v) is 14.5. The molecule has 0 spiro atoms. The monoisotopic (exact) mass is 343 g/mol. The Balaban J connectivity index is 1.56. The summed E-state index contributed by atoms with van der Waals surface area (Å²) in [5.74, 6) is -0.0174. The van der Waals surface area contributed by atoms with E-state index in [-0.39, 0.29) is 11.9 Å². The molecule has 1 atom stereocenters. The van der Waals surface area contributed by atoms with Gasteiger partial charge in [0.05, 0.1) is 16.8 Å². The second kappa shape index (κ2) is 7.69. The van der Waals surface area contributed by atoms with Gasteiger partial charge in [-0.05, 0) is 31.2 Å². The van der Waals surface area contributed by atoms with Crippen molar-refractivity contribution < 1.29 is 4.79 Å². The highest BCUT2D eigenvalue weighted by atomic mass is 35.5. The van der Waals surface area contributed by atoms with E-state index >= 15 is 0 Å². The average Bonchev–Trinajstić information content (AvgIpc) is 2.64. The van der Waals surface area contributed by atoms with Crippen LogP contribution < -0.4 is 10.2 Å². The first-order valence-corrected chi connectivity index (χ1v) is 8.62. The molecule has 1 fully saturated rings. The maximum atomic E-state index is 12.5. The fourth-order valence-electron chi connectivity index (χ4n) is 2.97. The van der Waals surface area contributed by atoms with Crippen molar-refractivity contribution in [1.82, 2.24) is 4.90 Å². The topological polar surface area (TPSA) is 35.6 Å². The normalized spacial score (nSPS) is 16.7. The number of nitrogens with zero attached hydrogens (tertiary/aromatic N) is 2. The molecule has 0 unspecified atom stereocenters. The van der Waals surface area contributed by atoms with E-state index < -0.39 is 0 Å². The number of nitrogens with one attached hydrogen (secondary N) is 1. The van der Waals surface area contributed by atoms with Crippen LogP contribution in [0.4, 0.5) is 11.4 Å². The Labute approximate surface area is 148 Å². The van der Waals surface area contributed by atoms with Gasteiger partial charge in [0.1, 0.15) is 0 Å². The van der Waals surface area contributed by atoms with Crippen LogP contribution in [0.3, 0.4) is 0 Å². The summed E-state index contributed by atoms with van der Waals surface area (Å²) in [6, 6.07) is 17.5. The van der Waals surface area contributed by atoms with Gasteiger partial charge < -0.3 is 10.2 Å². The molecule has 0 saturated carbocycles. The number of anilines is 2. The fourth-order valence-corrected chi connectivity index (χ4v) is 3.15. The van der Waals surface area contributed by atoms with Gasteiger partial charge in [0.2, 0.25) is 5.91 Å².